The summed E-state index contributed by atoms with van der Waals surface area (Å²) in [5, 5.41) is 0. The highest BCUT2D eigenvalue weighted by Gasteiger charge is 2.22. The van der Waals surface area contributed by atoms with Crippen molar-refractivity contribution in [2.24, 2.45) is 0 Å². The molecule has 0 aliphatic rings. The van der Waals surface area contributed by atoms with Gasteiger partial charge in [0.1, 0.15) is 23.3 Å². The summed E-state index contributed by atoms with van der Waals surface area (Å²) in [5.41, 5.74) is 3.96. The molecule has 0 heterocycles. The molecule has 2 nitrogen and oxygen atoms in total. The van der Waals surface area contributed by atoms with Gasteiger partial charge in [-0.1, -0.05) is 0 Å². The van der Waals surface area contributed by atoms with Crippen LogP contribution in [0.4, 0.5) is 23.2 Å². The summed E-state index contributed by atoms with van der Waals surface area (Å²) in [5.74, 6) is -5.59. The van der Waals surface area contributed by atoms with Gasteiger partial charge >= 0.3 is 0 Å². The van der Waals surface area contributed by atoms with E-state index in [-0.39, 0.29) is 11.3 Å². The Kier molecular flexibility index (Phi) is 3.25. The summed E-state index contributed by atoms with van der Waals surface area (Å²) in [7, 11) is 0. The van der Waals surface area contributed by atoms with Crippen LogP contribution in [0.2, 0.25) is 0 Å². The number of carbonyl (C=O) groups excluding carboxylic acids is 1. The molecule has 2 aromatic rings. The first-order valence-corrected chi connectivity index (χ1v) is 5.14. The molecule has 0 bridgehead atoms. The van der Waals surface area contributed by atoms with Gasteiger partial charge in [-0.3, -0.25) is 4.79 Å². The Labute approximate surface area is 105 Å². The minimum atomic E-state index is -1.34. The Morgan fingerprint density at radius 1 is 0.895 bits per heavy atom. The van der Waals surface area contributed by atoms with Crippen molar-refractivity contribution in [1.29, 1.82) is 0 Å². The van der Waals surface area contributed by atoms with Crippen molar-refractivity contribution in [3.63, 3.8) is 0 Å². The highest BCUT2D eigenvalue weighted by molar-refractivity contribution is 6.12. The topological polar surface area (TPSA) is 43.1 Å². The number of nitrogen functional groups attached to an aromatic ring is 1. The first kappa shape index (κ1) is 13.1. The van der Waals surface area contributed by atoms with Gasteiger partial charge in [0, 0.05) is 23.4 Å². The van der Waals surface area contributed by atoms with Crippen molar-refractivity contribution in [2.45, 2.75) is 0 Å². The third kappa shape index (κ3) is 2.42. The third-order valence-electron chi connectivity index (χ3n) is 2.49. The zero-order valence-electron chi connectivity index (χ0n) is 9.38. The normalized spacial score (nSPS) is 10.5. The predicted octanol–water partition coefficient (Wildman–Crippen LogP) is 3.06. The molecule has 0 aromatic heterocycles. The van der Waals surface area contributed by atoms with E-state index in [1.54, 1.807) is 0 Å². The van der Waals surface area contributed by atoms with Crippen LogP contribution in [0, 0.1) is 23.3 Å². The number of ketones is 1. The number of anilines is 1. The molecular weight excluding hydrogens is 262 g/mol. The summed E-state index contributed by atoms with van der Waals surface area (Å²) in [6.07, 6.45) is 0. The average molecular weight is 269 g/mol. The number of carbonyl (C=O) groups is 1. The minimum absolute atomic E-state index is 0.256. The maximum Gasteiger partial charge on any atom is 0.201 e. The van der Waals surface area contributed by atoms with Crippen molar-refractivity contribution >= 4 is 11.5 Å². The molecule has 0 radical (unpaired) electrons. The van der Waals surface area contributed by atoms with Gasteiger partial charge in [0.25, 0.3) is 0 Å². The lowest BCUT2D eigenvalue weighted by Gasteiger charge is -2.07. The molecule has 0 unspecified atom stereocenters. The van der Waals surface area contributed by atoms with Crippen molar-refractivity contribution in [3.05, 3.63) is 64.7 Å². The summed E-state index contributed by atoms with van der Waals surface area (Å²) in [6, 6.07) is 3.57. The summed E-state index contributed by atoms with van der Waals surface area (Å²) >= 11 is 0. The van der Waals surface area contributed by atoms with E-state index < -0.39 is 34.6 Å². The number of benzene rings is 2. The second-order valence-electron chi connectivity index (χ2n) is 3.81. The van der Waals surface area contributed by atoms with E-state index in [4.69, 9.17) is 5.73 Å². The minimum Gasteiger partial charge on any atom is -0.398 e. The van der Waals surface area contributed by atoms with Crippen molar-refractivity contribution in [1.82, 2.24) is 0 Å². The molecule has 0 saturated carbocycles. The van der Waals surface area contributed by atoms with Gasteiger partial charge in [0.05, 0.1) is 5.56 Å². The molecular formula is C13H7F4NO. The summed E-state index contributed by atoms with van der Waals surface area (Å²) in [4.78, 5) is 11.9. The SMILES string of the molecule is Nc1cc(F)ccc1C(=O)c1c(F)cc(F)cc1F. The lowest BCUT2D eigenvalue weighted by atomic mass is 10.0. The number of rotatable bonds is 2. The summed E-state index contributed by atoms with van der Waals surface area (Å²) in [6.45, 7) is 0. The van der Waals surface area contributed by atoms with Gasteiger partial charge < -0.3 is 5.73 Å². The van der Waals surface area contributed by atoms with E-state index >= 15 is 0 Å². The van der Waals surface area contributed by atoms with Gasteiger partial charge in [-0.15, -0.1) is 0 Å². The fraction of sp³-hybridized carbons (Fsp3) is 0. The number of hydrogen-bond donors (Lipinski definition) is 1. The molecule has 0 spiro atoms. The van der Waals surface area contributed by atoms with E-state index in [0.717, 1.165) is 18.2 Å². The van der Waals surface area contributed by atoms with Gasteiger partial charge in [-0.05, 0) is 18.2 Å². The molecule has 0 aliphatic carbocycles. The van der Waals surface area contributed by atoms with Gasteiger partial charge in [0.2, 0.25) is 5.78 Å². The van der Waals surface area contributed by atoms with Crippen LogP contribution in [0.1, 0.15) is 15.9 Å². The van der Waals surface area contributed by atoms with Gasteiger partial charge in [0.15, 0.2) is 0 Å². The largest absolute Gasteiger partial charge is 0.398 e. The van der Waals surface area contributed by atoms with E-state index in [1.807, 2.05) is 0 Å². The molecule has 98 valence electrons. The van der Waals surface area contributed by atoms with E-state index in [1.165, 1.54) is 0 Å². The van der Waals surface area contributed by atoms with Gasteiger partial charge in [-0.2, -0.15) is 0 Å². The van der Waals surface area contributed by atoms with E-state index in [9.17, 15) is 22.4 Å². The maximum absolute atomic E-state index is 13.4. The zero-order valence-corrected chi connectivity index (χ0v) is 9.38. The monoisotopic (exact) mass is 269 g/mol. The van der Waals surface area contributed by atoms with Crippen LogP contribution in [0.5, 0.6) is 0 Å². The second-order valence-corrected chi connectivity index (χ2v) is 3.81. The summed E-state index contributed by atoms with van der Waals surface area (Å²) < 4.78 is 52.5. The Hall–Kier alpha value is -2.37. The first-order valence-electron chi connectivity index (χ1n) is 5.14. The van der Waals surface area contributed by atoms with Crippen LogP contribution in [-0.2, 0) is 0 Å². The average Bonchev–Trinajstić information content (AvgIpc) is 2.26. The quantitative estimate of drug-likeness (QED) is 0.517. The molecule has 0 aliphatic heterocycles. The van der Waals surface area contributed by atoms with E-state index in [0.29, 0.717) is 12.1 Å². The highest BCUT2D eigenvalue weighted by Crippen LogP contribution is 2.22. The second kappa shape index (κ2) is 4.72. The Bertz CT molecular complexity index is 647. The standard InChI is InChI=1S/C13H7F4NO/c14-6-1-2-8(11(18)5-6)13(19)12-9(16)3-7(15)4-10(12)17/h1-5H,18H2. The lowest BCUT2D eigenvalue weighted by molar-refractivity contribution is 0.103. The Morgan fingerprint density at radius 2 is 1.47 bits per heavy atom. The lowest BCUT2D eigenvalue weighted by Crippen LogP contribution is -2.10. The van der Waals surface area contributed by atoms with Gasteiger partial charge in [-0.25, -0.2) is 17.6 Å². The predicted molar refractivity (Wildman–Crippen MR) is 60.6 cm³/mol. The molecule has 19 heavy (non-hydrogen) atoms. The van der Waals surface area contributed by atoms with Crippen molar-refractivity contribution in [2.75, 3.05) is 5.73 Å². The first-order chi connectivity index (χ1) is 8.90. The van der Waals surface area contributed by atoms with Crippen LogP contribution in [0.3, 0.4) is 0 Å². The van der Waals surface area contributed by atoms with Crippen LogP contribution < -0.4 is 5.73 Å². The van der Waals surface area contributed by atoms with Crippen LogP contribution in [0.25, 0.3) is 0 Å². The molecule has 0 amide bonds. The molecule has 0 saturated heterocycles. The number of hydrogen-bond acceptors (Lipinski definition) is 2. The number of nitrogens with two attached hydrogens (primary N) is 1. The Balaban J connectivity index is 2.56. The van der Waals surface area contributed by atoms with Crippen LogP contribution >= 0.6 is 0 Å². The smallest absolute Gasteiger partial charge is 0.201 e. The molecule has 2 aromatic carbocycles. The fourth-order valence-corrected chi connectivity index (χ4v) is 1.63. The molecule has 0 atom stereocenters. The third-order valence-corrected chi connectivity index (χ3v) is 2.49. The fourth-order valence-electron chi connectivity index (χ4n) is 1.63. The van der Waals surface area contributed by atoms with Crippen LogP contribution in [-0.4, -0.2) is 5.78 Å². The zero-order chi connectivity index (χ0) is 14.2. The molecule has 2 rings (SSSR count). The molecule has 0 fully saturated rings. The molecule has 2 N–H and O–H groups in total. The van der Waals surface area contributed by atoms with E-state index in [2.05, 4.69) is 0 Å². The Morgan fingerprint density at radius 3 is 2.00 bits per heavy atom. The maximum atomic E-state index is 13.4. The van der Waals surface area contributed by atoms with Crippen LogP contribution in [0.15, 0.2) is 30.3 Å². The molecule has 6 heteroatoms. The van der Waals surface area contributed by atoms with Crippen molar-refractivity contribution in [3.8, 4) is 0 Å². The highest BCUT2D eigenvalue weighted by atomic mass is 19.1. The van der Waals surface area contributed by atoms with Crippen molar-refractivity contribution < 1.29 is 22.4 Å². The number of halogens is 4.